The van der Waals surface area contributed by atoms with Crippen molar-refractivity contribution in [2.24, 2.45) is 5.92 Å². The summed E-state index contributed by atoms with van der Waals surface area (Å²) >= 11 is 9.49. The van der Waals surface area contributed by atoms with Gasteiger partial charge in [-0.25, -0.2) is 0 Å². The lowest BCUT2D eigenvalue weighted by molar-refractivity contribution is 0.0865. The predicted octanol–water partition coefficient (Wildman–Crippen LogP) is 5.54. The van der Waals surface area contributed by atoms with E-state index in [0.29, 0.717) is 17.9 Å². The van der Waals surface area contributed by atoms with E-state index in [9.17, 15) is 0 Å². The highest BCUT2D eigenvalue weighted by Crippen LogP contribution is 2.40. The molecule has 0 bridgehead atoms. The third-order valence-corrected chi connectivity index (χ3v) is 4.97. The van der Waals surface area contributed by atoms with Crippen molar-refractivity contribution in [2.45, 2.75) is 51.0 Å². The number of hydrogen-bond acceptors (Lipinski definition) is 2. The van der Waals surface area contributed by atoms with Crippen molar-refractivity contribution in [1.29, 1.82) is 0 Å². The van der Waals surface area contributed by atoms with Gasteiger partial charge in [-0.15, -0.1) is 11.6 Å². The van der Waals surface area contributed by atoms with E-state index >= 15 is 0 Å². The van der Waals surface area contributed by atoms with E-state index < -0.39 is 0 Å². The van der Waals surface area contributed by atoms with Gasteiger partial charge in [0.1, 0.15) is 6.10 Å². The molecule has 2 atom stereocenters. The first-order chi connectivity index (χ1) is 9.69. The summed E-state index contributed by atoms with van der Waals surface area (Å²) < 4.78 is 12.7. The van der Waals surface area contributed by atoms with E-state index in [1.807, 2.05) is 12.1 Å². The number of rotatable bonds is 5. The van der Waals surface area contributed by atoms with Crippen molar-refractivity contribution in [3.63, 3.8) is 0 Å². The Morgan fingerprint density at radius 2 is 2.05 bits per heavy atom. The Morgan fingerprint density at radius 3 is 2.70 bits per heavy atom. The van der Waals surface area contributed by atoms with Crippen LogP contribution in [-0.2, 0) is 5.88 Å². The Morgan fingerprint density at radius 1 is 1.30 bits per heavy atom. The van der Waals surface area contributed by atoms with E-state index in [1.54, 1.807) is 7.11 Å². The normalized spacial score (nSPS) is 22.6. The number of ether oxygens (including phenoxy) is 2. The highest BCUT2D eigenvalue weighted by atomic mass is 79.9. The predicted molar refractivity (Wildman–Crippen MR) is 86.9 cm³/mol. The molecule has 1 aromatic carbocycles. The summed E-state index contributed by atoms with van der Waals surface area (Å²) in [7, 11) is 1.67. The van der Waals surface area contributed by atoms with Crippen molar-refractivity contribution in [3.8, 4) is 11.5 Å². The van der Waals surface area contributed by atoms with Crippen LogP contribution in [0.25, 0.3) is 0 Å². The average molecular weight is 362 g/mol. The van der Waals surface area contributed by atoms with Gasteiger partial charge in [0.15, 0.2) is 11.5 Å². The molecule has 2 unspecified atom stereocenters. The topological polar surface area (TPSA) is 18.5 Å². The van der Waals surface area contributed by atoms with E-state index in [4.69, 9.17) is 21.1 Å². The van der Waals surface area contributed by atoms with Gasteiger partial charge in [-0.2, -0.15) is 0 Å². The zero-order chi connectivity index (χ0) is 14.5. The van der Waals surface area contributed by atoms with Crippen LogP contribution in [0.2, 0.25) is 0 Å². The lowest BCUT2D eigenvalue weighted by Crippen LogP contribution is -2.30. The van der Waals surface area contributed by atoms with Gasteiger partial charge >= 0.3 is 0 Å². The van der Waals surface area contributed by atoms with Gasteiger partial charge in [0.2, 0.25) is 0 Å². The number of benzene rings is 1. The summed E-state index contributed by atoms with van der Waals surface area (Å²) in [5, 5.41) is 0. The standard InChI is InChI=1S/C16H22BrClO2/c1-3-12-6-4-5-7-14(12)20-16-13(17)8-11(10-18)9-15(16)19-2/h8-9,12,14H,3-7,10H2,1-2H3. The summed E-state index contributed by atoms with van der Waals surface area (Å²) in [5.74, 6) is 2.69. The Hall–Kier alpha value is -0.410. The third-order valence-electron chi connectivity index (χ3n) is 4.08. The zero-order valence-corrected chi connectivity index (χ0v) is 14.5. The van der Waals surface area contributed by atoms with Crippen LogP contribution >= 0.6 is 27.5 Å². The second-order valence-corrected chi connectivity index (χ2v) is 6.47. The van der Waals surface area contributed by atoms with Crippen LogP contribution in [0.4, 0.5) is 0 Å². The summed E-state index contributed by atoms with van der Waals surface area (Å²) in [6, 6.07) is 3.96. The molecule has 2 rings (SSSR count). The Balaban J connectivity index is 2.23. The number of methoxy groups -OCH3 is 1. The summed E-state index contributed by atoms with van der Waals surface area (Å²) in [6.07, 6.45) is 6.43. The minimum absolute atomic E-state index is 0.292. The fourth-order valence-electron chi connectivity index (χ4n) is 2.91. The quantitative estimate of drug-likeness (QED) is 0.641. The fraction of sp³-hybridized carbons (Fsp3) is 0.625. The van der Waals surface area contributed by atoms with Crippen molar-refractivity contribution < 1.29 is 9.47 Å². The second kappa shape index (κ2) is 7.56. The van der Waals surface area contributed by atoms with Gasteiger partial charge in [0.05, 0.1) is 11.6 Å². The zero-order valence-electron chi connectivity index (χ0n) is 12.1. The van der Waals surface area contributed by atoms with E-state index in [0.717, 1.165) is 28.0 Å². The molecule has 0 aromatic heterocycles. The van der Waals surface area contributed by atoms with Crippen LogP contribution in [0.5, 0.6) is 11.5 Å². The van der Waals surface area contributed by atoms with Crippen molar-refractivity contribution >= 4 is 27.5 Å². The van der Waals surface area contributed by atoms with Crippen molar-refractivity contribution in [2.75, 3.05) is 7.11 Å². The molecule has 0 heterocycles. The maximum absolute atomic E-state index is 6.30. The molecular weight excluding hydrogens is 340 g/mol. The molecule has 1 saturated carbocycles. The average Bonchev–Trinajstić information content (AvgIpc) is 2.49. The van der Waals surface area contributed by atoms with E-state index in [-0.39, 0.29) is 0 Å². The van der Waals surface area contributed by atoms with Crippen LogP contribution in [-0.4, -0.2) is 13.2 Å². The molecule has 1 fully saturated rings. The number of halogens is 2. The second-order valence-electron chi connectivity index (χ2n) is 5.35. The van der Waals surface area contributed by atoms with Gasteiger partial charge in [0, 0.05) is 5.88 Å². The molecule has 0 amide bonds. The van der Waals surface area contributed by atoms with Crippen LogP contribution < -0.4 is 9.47 Å². The minimum atomic E-state index is 0.292. The lowest BCUT2D eigenvalue weighted by atomic mass is 9.85. The molecule has 4 heteroatoms. The van der Waals surface area contributed by atoms with Crippen LogP contribution in [0, 0.1) is 5.92 Å². The smallest absolute Gasteiger partial charge is 0.175 e. The molecule has 1 aromatic rings. The molecule has 20 heavy (non-hydrogen) atoms. The molecule has 0 aliphatic heterocycles. The molecular formula is C16H22BrClO2. The molecule has 1 aliphatic carbocycles. The first-order valence-electron chi connectivity index (χ1n) is 7.28. The van der Waals surface area contributed by atoms with Crippen molar-refractivity contribution in [1.82, 2.24) is 0 Å². The van der Waals surface area contributed by atoms with E-state index in [1.165, 1.54) is 25.7 Å². The summed E-state index contributed by atoms with van der Waals surface area (Å²) in [6.45, 7) is 2.25. The minimum Gasteiger partial charge on any atom is -0.493 e. The van der Waals surface area contributed by atoms with Gasteiger partial charge in [-0.3, -0.25) is 0 Å². The van der Waals surface area contributed by atoms with Crippen LogP contribution in [0.15, 0.2) is 16.6 Å². The number of hydrogen-bond donors (Lipinski definition) is 0. The number of alkyl halides is 1. The fourth-order valence-corrected chi connectivity index (χ4v) is 3.65. The monoisotopic (exact) mass is 360 g/mol. The first kappa shape index (κ1) is 16.0. The Kier molecular flexibility index (Phi) is 6.03. The van der Waals surface area contributed by atoms with E-state index in [2.05, 4.69) is 22.9 Å². The van der Waals surface area contributed by atoms with Gasteiger partial charge in [-0.05, 0) is 65.2 Å². The lowest BCUT2D eigenvalue weighted by Gasteiger charge is -2.32. The molecule has 1 aliphatic rings. The summed E-state index contributed by atoms with van der Waals surface area (Å²) in [4.78, 5) is 0. The Bertz CT molecular complexity index is 450. The molecule has 0 N–H and O–H groups in total. The summed E-state index contributed by atoms with van der Waals surface area (Å²) in [5.41, 5.74) is 1.03. The highest BCUT2D eigenvalue weighted by molar-refractivity contribution is 9.10. The van der Waals surface area contributed by atoms with Gasteiger partial charge in [-0.1, -0.05) is 13.3 Å². The van der Waals surface area contributed by atoms with Crippen molar-refractivity contribution in [3.05, 3.63) is 22.2 Å². The maximum atomic E-state index is 6.30. The molecule has 2 nitrogen and oxygen atoms in total. The Labute approximate surface area is 134 Å². The molecule has 112 valence electrons. The largest absolute Gasteiger partial charge is 0.493 e. The van der Waals surface area contributed by atoms with Gasteiger partial charge in [0.25, 0.3) is 0 Å². The molecule has 0 radical (unpaired) electrons. The SMILES string of the molecule is CCC1CCCCC1Oc1c(Br)cc(CCl)cc1OC. The highest BCUT2D eigenvalue weighted by Gasteiger charge is 2.27. The van der Waals surface area contributed by atoms with Crippen LogP contribution in [0.3, 0.4) is 0 Å². The third kappa shape index (κ3) is 3.62. The molecule has 0 saturated heterocycles. The first-order valence-corrected chi connectivity index (χ1v) is 8.61. The van der Waals surface area contributed by atoms with Crippen LogP contribution in [0.1, 0.15) is 44.6 Å². The maximum Gasteiger partial charge on any atom is 0.175 e. The van der Waals surface area contributed by atoms with Gasteiger partial charge < -0.3 is 9.47 Å². The molecule has 0 spiro atoms.